The van der Waals surface area contributed by atoms with Gasteiger partial charge in [0.2, 0.25) is 5.78 Å². The average molecular weight is 401 g/mol. The predicted octanol–water partition coefficient (Wildman–Crippen LogP) is 3.00. The molecule has 0 saturated heterocycles. The third-order valence-electron chi connectivity index (χ3n) is 4.60. The van der Waals surface area contributed by atoms with Gasteiger partial charge in [-0.1, -0.05) is 6.07 Å². The minimum absolute atomic E-state index is 0.00219. The van der Waals surface area contributed by atoms with Gasteiger partial charge in [-0.3, -0.25) is 9.59 Å². The zero-order chi connectivity index (χ0) is 21.1. The molecule has 0 spiro atoms. The maximum atomic E-state index is 13.0. The van der Waals surface area contributed by atoms with Crippen LogP contribution in [-0.4, -0.2) is 53.2 Å². The van der Waals surface area contributed by atoms with Gasteiger partial charge in [0.25, 0.3) is 5.91 Å². The Morgan fingerprint density at radius 3 is 2.62 bits per heavy atom. The summed E-state index contributed by atoms with van der Waals surface area (Å²) < 4.78 is 15.8. The lowest BCUT2D eigenvalue weighted by atomic mass is 9.95. The van der Waals surface area contributed by atoms with E-state index in [1.54, 1.807) is 12.1 Å². The number of phenolic OH excluding ortho intramolecular Hbond substituents is 1. The molecular weight excluding hydrogens is 378 g/mol. The lowest BCUT2D eigenvalue weighted by Crippen LogP contribution is -2.34. The minimum Gasteiger partial charge on any atom is -0.504 e. The van der Waals surface area contributed by atoms with Gasteiger partial charge in [-0.25, -0.2) is 0 Å². The Morgan fingerprint density at radius 2 is 2.03 bits per heavy atom. The first-order valence-corrected chi connectivity index (χ1v) is 9.16. The fourth-order valence-corrected chi connectivity index (χ4v) is 3.27. The van der Waals surface area contributed by atoms with E-state index in [2.05, 4.69) is 0 Å². The van der Waals surface area contributed by atoms with Gasteiger partial charge in [-0.2, -0.15) is 0 Å². The average Bonchev–Trinajstić information content (AvgIpc) is 3.30. The van der Waals surface area contributed by atoms with Gasteiger partial charge >= 0.3 is 0 Å². The highest BCUT2D eigenvalue weighted by Crippen LogP contribution is 2.41. The number of benzene rings is 1. The Kier molecular flexibility index (Phi) is 5.93. The number of amides is 1. The summed E-state index contributed by atoms with van der Waals surface area (Å²) in [4.78, 5) is 27.1. The van der Waals surface area contributed by atoms with E-state index in [9.17, 15) is 19.8 Å². The molecule has 1 aromatic heterocycles. The lowest BCUT2D eigenvalue weighted by molar-refractivity contribution is -0.130. The molecule has 154 valence electrons. The summed E-state index contributed by atoms with van der Waals surface area (Å²) in [6, 6.07) is 6.65. The molecule has 0 saturated carbocycles. The van der Waals surface area contributed by atoms with Gasteiger partial charge in [-0.15, -0.1) is 0 Å². The van der Waals surface area contributed by atoms with Crippen LogP contribution in [0.5, 0.6) is 11.5 Å². The maximum Gasteiger partial charge on any atom is 0.290 e. The van der Waals surface area contributed by atoms with Gasteiger partial charge in [0.15, 0.2) is 23.0 Å². The second-order valence-electron chi connectivity index (χ2n) is 6.82. The van der Waals surface area contributed by atoms with Gasteiger partial charge in [-0.05, 0) is 43.7 Å². The monoisotopic (exact) mass is 401 g/mol. The molecule has 3 rings (SSSR count). The van der Waals surface area contributed by atoms with Crippen molar-refractivity contribution in [3.63, 3.8) is 0 Å². The molecule has 0 bridgehead atoms. The van der Waals surface area contributed by atoms with E-state index in [1.165, 1.54) is 36.5 Å². The third-order valence-corrected chi connectivity index (χ3v) is 4.60. The minimum atomic E-state index is -0.910. The number of hydrogen-bond donors (Lipinski definition) is 2. The van der Waals surface area contributed by atoms with Crippen molar-refractivity contribution in [1.82, 2.24) is 4.90 Å². The van der Waals surface area contributed by atoms with Crippen LogP contribution in [0.25, 0.3) is 0 Å². The standard InChI is InChI=1S/C21H23NO7/c1-12(2)28-10-8-22-18(13-6-7-15(27-3)14(23)11-13)17(20(25)21(22)26)19(24)16-5-4-9-29-16/h4-7,9,11-12,18,23,25H,8,10H2,1-3H3. The number of carbonyl (C=O) groups excluding carboxylic acids is 2. The molecule has 1 aliphatic heterocycles. The number of ketones is 1. The third kappa shape index (κ3) is 3.97. The molecule has 1 atom stereocenters. The van der Waals surface area contributed by atoms with E-state index in [4.69, 9.17) is 13.9 Å². The molecule has 2 heterocycles. The van der Waals surface area contributed by atoms with E-state index in [1.807, 2.05) is 13.8 Å². The molecule has 1 aromatic carbocycles. The summed E-state index contributed by atoms with van der Waals surface area (Å²) in [7, 11) is 1.42. The van der Waals surface area contributed by atoms with E-state index < -0.39 is 23.5 Å². The molecule has 1 aliphatic rings. The van der Waals surface area contributed by atoms with Crippen LogP contribution in [0.3, 0.4) is 0 Å². The Bertz CT molecular complexity index is 931. The second-order valence-corrected chi connectivity index (χ2v) is 6.82. The van der Waals surface area contributed by atoms with Crippen molar-refractivity contribution in [2.45, 2.75) is 26.0 Å². The SMILES string of the molecule is COc1ccc(C2C(C(=O)c3ccco3)=C(O)C(=O)N2CCOC(C)C)cc1O. The molecule has 2 aromatic rings. The number of ether oxygens (including phenoxy) is 2. The number of rotatable bonds is 8. The maximum absolute atomic E-state index is 13.0. The molecular formula is C21H23NO7. The number of hydrogen-bond acceptors (Lipinski definition) is 7. The largest absolute Gasteiger partial charge is 0.504 e. The molecule has 8 heteroatoms. The summed E-state index contributed by atoms with van der Waals surface area (Å²) in [6.45, 7) is 4.10. The van der Waals surface area contributed by atoms with Crippen molar-refractivity contribution < 1.29 is 33.7 Å². The number of aliphatic hydroxyl groups is 1. The van der Waals surface area contributed by atoms with Crippen molar-refractivity contribution in [3.05, 3.63) is 59.3 Å². The smallest absolute Gasteiger partial charge is 0.290 e. The topological polar surface area (TPSA) is 109 Å². The van der Waals surface area contributed by atoms with E-state index in [0.717, 1.165) is 0 Å². The summed E-state index contributed by atoms with van der Waals surface area (Å²) in [5.41, 5.74) is 0.333. The molecule has 29 heavy (non-hydrogen) atoms. The molecule has 0 fully saturated rings. The zero-order valence-electron chi connectivity index (χ0n) is 16.4. The Labute approximate surface area is 168 Å². The predicted molar refractivity (Wildman–Crippen MR) is 103 cm³/mol. The lowest BCUT2D eigenvalue weighted by Gasteiger charge is -2.27. The number of aliphatic hydroxyl groups excluding tert-OH is 1. The van der Waals surface area contributed by atoms with Crippen molar-refractivity contribution in [1.29, 1.82) is 0 Å². The van der Waals surface area contributed by atoms with E-state index in [-0.39, 0.29) is 42.1 Å². The van der Waals surface area contributed by atoms with Crippen molar-refractivity contribution in [2.24, 2.45) is 0 Å². The summed E-state index contributed by atoms with van der Waals surface area (Å²) in [5.74, 6) is -1.83. The summed E-state index contributed by atoms with van der Waals surface area (Å²) in [6.07, 6.45) is 1.30. The van der Waals surface area contributed by atoms with E-state index >= 15 is 0 Å². The van der Waals surface area contributed by atoms with E-state index in [0.29, 0.717) is 5.56 Å². The summed E-state index contributed by atoms with van der Waals surface area (Å²) >= 11 is 0. The quantitative estimate of drug-likeness (QED) is 0.655. The van der Waals surface area contributed by atoms with Crippen molar-refractivity contribution >= 4 is 11.7 Å². The molecule has 1 unspecified atom stereocenters. The number of phenols is 1. The Balaban J connectivity index is 2.03. The van der Waals surface area contributed by atoms with Gasteiger partial charge in [0.1, 0.15) is 0 Å². The number of furan rings is 1. The number of Topliss-reactive ketones (excluding diaryl/α,β-unsaturated/α-hetero) is 1. The Hall–Kier alpha value is -3.26. The van der Waals surface area contributed by atoms with Gasteiger partial charge < -0.3 is 29.0 Å². The van der Waals surface area contributed by atoms with Crippen LogP contribution in [0.4, 0.5) is 0 Å². The molecule has 0 radical (unpaired) electrons. The van der Waals surface area contributed by atoms with Crippen LogP contribution in [0, 0.1) is 0 Å². The number of nitrogens with zero attached hydrogens (tertiary/aromatic N) is 1. The van der Waals surface area contributed by atoms with Crippen LogP contribution in [0.2, 0.25) is 0 Å². The molecule has 8 nitrogen and oxygen atoms in total. The highest BCUT2D eigenvalue weighted by atomic mass is 16.5. The van der Waals surface area contributed by atoms with Gasteiger partial charge in [0, 0.05) is 6.54 Å². The highest BCUT2D eigenvalue weighted by Gasteiger charge is 2.44. The first kappa shape index (κ1) is 20.5. The fourth-order valence-electron chi connectivity index (χ4n) is 3.27. The van der Waals surface area contributed by atoms with Crippen LogP contribution >= 0.6 is 0 Å². The van der Waals surface area contributed by atoms with Crippen LogP contribution in [0.15, 0.2) is 52.3 Å². The van der Waals surface area contributed by atoms with Crippen LogP contribution in [-0.2, 0) is 9.53 Å². The Morgan fingerprint density at radius 1 is 1.28 bits per heavy atom. The van der Waals surface area contributed by atoms with Crippen molar-refractivity contribution in [2.75, 3.05) is 20.3 Å². The van der Waals surface area contributed by atoms with Crippen LogP contribution in [0.1, 0.15) is 36.0 Å². The summed E-state index contributed by atoms with van der Waals surface area (Å²) in [5, 5.41) is 20.7. The molecule has 1 amide bonds. The zero-order valence-corrected chi connectivity index (χ0v) is 16.4. The van der Waals surface area contributed by atoms with Crippen molar-refractivity contribution in [3.8, 4) is 11.5 Å². The highest BCUT2D eigenvalue weighted by molar-refractivity contribution is 6.15. The van der Waals surface area contributed by atoms with Gasteiger partial charge in [0.05, 0.1) is 37.7 Å². The number of aromatic hydroxyl groups is 1. The first-order chi connectivity index (χ1) is 13.8. The first-order valence-electron chi connectivity index (χ1n) is 9.16. The molecule has 2 N–H and O–H groups in total. The van der Waals surface area contributed by atoms with Crippen LogP contribution < -0.4 is 4.74 Å². The number of carbonyl (C=O) groups is 2. The fraction of sp³-hybridized carbons (Fsp3) is 0.333. The number of methoxy groups -OCH3 is 1. The second kappa shape index (κ2) is 8.40. The normalized spacial score (nSPS) is 16.8. The molecule has 0 aliphatic carbocycles.